The molecule has 1 aromatic heterocycles. The third-order valence-electron chi connectivity index (χ3n) is 7.44. The van der Waals surface area contributed by atoms with Crippen LogP contribution in [0.15, 0.2) is 66.9 Å². The molecule has 0 saturated carbocycles. The van der Waals surface area contributed by atoms with E-state index in [2.05, 4.69) is 46.4 Å². The first kappa shape index (κ1) is 30.2. The van der Waals surface area contributed by atoms with Crippen LogP contribution >= 0.6 is 0 Å². The normalized spacial score (nSPS) is 20.5. The van der Waals surface area contributed by atoms with Gasteiger partial charge < -0.3 is 25.4 Å². The minimum atomic E-state index is -0.439. The van der Waals surface area contributed by atoms with Crippen molar-refractivity contribution in [2.75, 3.05) is 39.2 Å². The number of pyridine rings is 1. The standard InChI is InChI=1S/C32H41N5O4/c1-21(2)31(38)35-25-13-14-28-26(16-25)32(39)36(4)19-29(40-5)22(3)17-37(30(33)20-41-28)18-23-9-11-24(12-10-23)27-8-6-7-15-34-27/h6-16,21-22,29-30H,17-20,33H2,1-5H3,(H,35,38)/t22-,29-,30+/m0/s1. The van der Waals surface area contributed by atoms with Crippen molar-refractivity contribution in [2.45, 2.75) is 39.6 Å². The van der Waals surface area contributed by atoms with Crippen LogP contribution in [0.5, 0.6) is 5.75 Å². The number of hydrogen-bond donors (Lipinski definition) is 2. The van der Waals surface area contributed by atoms with E-state index in [1.807, 2.05) is 32.0 Å². The molecule has 0 fully saturated rings. The van der Waals surface area contributed by atoms with E-state index in [4.69, 9.17) is 15.2 Å². The zero-order valence-corrected chi connectivity index (χ0v) is 24.5. The fraction of sp³-hybridized carbons (Fsp3) is 0.406. The maximum Gasteiger partial charge on any atom is 0.257 e. The second kappa shape index (κ2) is 13.7. The molecular formula is C32H41N5O4. The Bertz CT molecular complexity index is 1320. The van der Waals surface area contributed by atoms with Crippen LogP contribution in [0.2, 0.25) is 0 Å². The van der Waals surface area contributed by atoms with Gasteiger partial charge in [0.05, 0.1) is 23.5 Å². The van der Waals surface area contributed by atoms with E-state index in [1.54, 1.807) is 43.5 Å². The molecule has 1 aliphatic rings. The molecule has 3 aromatic rings. The van der Waals surface area contributed by atoms with Gasteiger partial charge in [-0.3, -0.25) is 19.5 Å². The molecule has 3 N–H and O–H groups in total. The maximum atomic E-state index is 13.5. The van der Waals surface area contributed by atoms with Gasteiger partial charge in [0.2, 0.25) is 5.91 Å². The smallest absolute Gasteiger partial charge is 0.257 e. The van der Waals surface area contributed by atoms with Crippen molar-refractivity contribution in [3.05, 3.63) is 78.0 Å². The average Bonchev–Trinajstić information content (AvgIpc) is 2.98. The number of benzene rings is 2. The zero-order chi connectivity index (χ0) is 29.5. The SMILES string of the molecule is CO[C@H]1CN(C)C(=O)c2cc(NC(=O)C(C)C)ccc2OC[C@H](N)N(Cc2ccc(-c3ccccn3)cc2)C[C@@H]1C. The second-order valence-corrected chi connectivity index (χ2v) is 11.0. The van der Waals surface area contributed by atoms with Crippen molar-refractivity contribution in [1.82, 2.24) is 14.8 Å². The van der Waals surface area contributed by atoms with Gasteiger partial charge in [-0.2, -0.15) is 0 Å². The largest absolute Gasteiger partial charge is 0.490 e. The van der Waals surface area contributed by atoms with Gasteiger partial charge in [0, 0.05) is 57.2 Å². The predicted octanol–water partition coefficient (Wildman–Crippen LogP) is 4.25. The number of carbonyl (C=O) groups excluding carboxylic acids is 2. The summed E-state index contributed by atoms with van der Waals surface area (Å²) in [4.78, 5) is 34.1. The molecule has 0 aliphatic carbocycles. The lowest BCUT2D eigenvalue weighted by Gasteiger charge is -2.36. The summed E-state index contributed by atoms with van der Waals surface area (Å²) in [5, 5.41) is 2.87. The number of amides is 2. The van der Waals surface area contributed by atoms with E-state index in [1.165, 1.54) is 0 Å². The first-order valence-electron chi connectivity index (χ1n) is 14.0. The first-order chi connectivity index (χ1) is 19.7. The van der Waals surface area contributed by atoms with Gasteiger partial charge >= 0.3 is 0 Å². The molecule has 218 valence electrons. The van der Waals surface area contributed by atoms with E-state index in [-0.39, 0.29) is 36.4 Å². The Hall–Kier alpha value is -3.79. The highest BCUT2D eigenvalue weighted by Gasteiger charge is 2.29. The zero-order valence-electron chi connectivity index (χ0n) is 24.5. The summed E-state index contributed by atoms with van der Waals surface area (Å²) in [7, 11) is 3.42. The Kier molecular flexibility index (Phi) is 10.1. The van der Waals surface area contributed by atoms with Crippen LogP contribution in [-0.4, -0.2) is 72.7 Å². The van der Waals surface area contributed by atoms with Crippen molar-refractivity contribution in [2.24, 2.45) is 17.6 Å². The molecule has 0 bridgehead atoms. The number of hydrogen-bond acceptors (Lipinski definition) is 7. The number of anilines is 1. The fourth-order valence-electron chi connectivity index (χ4n) is 4.87. The van der Waals surface area contributed by atoms with E-state index < -0.39 is 6.17 Å². The fourth-order valence-corrected chi connectivity index (χ4v) is 4.87. The number of nitrogens with two attached hydrogens (primary N) is 1. The number of nitrogens with zero attached hydrogens (tertiary/aromatic N) is 3. The highest BCUT2D eigenvalue weighted by molar-refractivity contribution is 5.99. The molecule has 0 unspecified atom stereocenters. The molecule has 3 atom stereocenters. The molecular weight excluding hydrogens is 518 g/mol. The summed E-state index contributed by atoms with van der Waals surface area (Å²) < 4.78 is 12.0. The van der Waals surface area contributed by atoms with Crippen molar-refractivity contribution >= 4 is 17.5 Å². The molecule has 2 aromatic carbocycles. The first-order valence-corrected chi connectivity index (χ1v) is 14.0. The maximum absolute atomic E-state index is 13.5. The molecule has 0 saturated heterocycles. The van der Waals surface area contributed by atoms with E-state index >= 15 is 0 Å². The number of rotatable bonds is 6. The van der Waals surface area contributed by atoms with Crippen molar-refractivity contribution in [1.29, 1.82) is 0 Å². The lowest BCUT2D eigenvalue weighted by molar-refractivity contribution is -0.118. The van der Waals surface area contributed by atoms with Crippen LogP contribution in [0.4, 0.5) is 5.69 Å². The number of methoxy groups -OCH3 is 1. The van der Waals surface area contributed by atoms with Crippen LogP contribution in [-0.2, 0) is 16.1 Å². The van der Waals surface area contributed by atoms with Crippen LogP contribution in [0.1, 0.15) is 36.7 Å². The second-order valence-electron chi connectivity index (χ2n) is 11.0. The predicted molar refractivity (Wildman–Crippen MR) is 160 cm³/mol. The van der Waals surface area contributed by atoms with Gasteiger partial charge in [0.15, 0.2) is 0 Å². The van der Waals surface area contributed by atoms with E-state index in [0.717, 1.165) is 16.8 Å². The molecule has 2 amide bonds. The number of carbonyl (C=O) groups is 2. The summed E-state index contributed by atoms with van der Waals surface area (Å²) in [5.74, 6) is -0.0378. The summed E-state index contributed by atoms with van der Waals surface area (Å²) >= 11 is 0. The Balaban J connectivity index is 1.59. The summed E-state index contributed by atoms with van der Waals surface area (Å²) in [6.45, 7) is 7.59. The molecule has 9 heteroatoms. The lowest BCUT2D eigenvalue weighted by atomic mass is 10.0. The molecule has 41 heavy (non-hydrogen) atoms. The summed E-state index contributed by atoms with van der Waals surface area (Å²) in [6.07, 6.45) is 1.14. The van der Waals surface area contributed by atoms with Crippen LogP contribution in [0.25, 0.3) is 11.3 Å². The number of likely N-dealkylation sites (N-methyl/N-ethyl adjacent to an activating group) is 1. The van der Waals surface area contributed by atoms with Gasteiger partial charge in [-0.1, -0.05) is 51.1 Å². The average molecular weight is 560 g/mol. The highest BCUT2D eigenvalue weighted by atomic mass is 16.5. The Morgan fingerprint density at radius 3 is 2.56 bits per heavy atom. The molecule has 4 rings (SSSR count). The Morgan fingerprint density at radius 2 is 1.90 bits per heavy atom. The summed E-state index contributed by atoms with van der Waals surface area (Å²) in [6, 6.07) is 19.3. The van der Waals surface area contributed by atoms with Crippen LogP contribution in [0.3, 0.4) is 0 Å². The Morgan fingerprint density at radius 1 is 1.15 bits per heavy atom. The third-order valence-corrected chi connectivity index (χ3v) is 7.44. The van der Waals surface area contributed by atoms with Crippen LogP contribution < -0.4 is 15.8 Å². The van der Waals surface area contributed by atoms with Crippen LogP contribution in [0, 0.1) is 11.8 Å². The molecule has 2 heterocycles. The van der Waals surface area contributed by atoms with Gasteiger partial charge in [-0.05, 0) is 41.8 Å². The van der Waals surface area contributed by atoms with E-state index in [9.17, 15) is 9.59 Å². The Labute approximate surface area is 242 Å². The van der Waals surface area contributed by atoms with Gasteiger partial charge in [0.25, 0.3) is 5.91 Å². The minimum Gasteiger partial charge on any atom is -0.490 e. The molecule has 9 nitrogen and oxygen atoms in total. The number of ether oxygens (including phenoxy) is 2. The minimum absolute atomic E-state index is 0.0738. The number of nitrogens with one attached hydrogen (secondary N) is 1. The monoisotopic (exact) mass is 559 g/mol. The van der Waals surface area contributed by atoms with Gasteiger partial charge in [0.1, 0.15) is 12.4 Å². The lowest BCUT2D eigenvalue weighted by Crippen LogP contribution is -2.50. The summed E-state index contributed by atoms with van der Waals surface area (Å²) in [5.41, 5.74) is 10.7. The highest BCUT2D eigenvalue weighted by Crippen LogP contribution is 2.27. The topological polar surface area (TPSA) is 110 Å². The molecule has 1 aliphatic heterocycles. The number of aromatic nitrogens is 1. The van der Waals surface area contributed by atoms with Gasteiger partial charge in [-0.25, -0.2) is 0 Å². The molecule has 0 spiro atoms. The number of fused-ring (bicyclic) bond motifs is 1. The third kappa shape index (κ3) is 7.70. The molecule has 0 radical (unpaired) electrons. The van der Waals surface area contributed by atoms with Gasteiger partial charge in [-0.15, -0.1) is 0 Å². The van der Waals surface area contributed by atoms with Crippen molar-refractivity contribution in [3.8, 4) is 17.0 Å². The van der Waals surface area contributed by atoms with Crippen molar-refractivity contribution in [3.63, 3.8) is 0 Å². The van der Waals surface area contributed by atoms with E-state index in [0.29, 0.717) is 36.6 Å². The van der Waals surface area contributed by atoms with Crippen molar-refractivity contribution < 1.29 is 19.1 Å². The quantitative estimate of drug-likeness (QED) is 0.465.